The zero-order valence-corrected chi connectivity index (χ0v) is 9.93. The summed E-state index contributed by atoms with van der Waals surface area (Å²) in [5.41, 5.74) is 0. The van der Waals surface area contributed by atoms with Gasteiger partial charge in [-0.2, -0.15) is 5.26 Å². The molecule has 88 valence electrons. The summed E-state index contributed by atoms with van der Waals surface area (Å²) in [6, 6.07) is 2.14. The van der Waals surface area contributed by atoms with Crippen molar-refractivity contribution in [3.05, 3.63) is 18.7 Å². The van der Waals surface area contributed by atoms with Gasteiger partial charge < -0.3 is 4.74 Å². The van der Waals surface area contributed by atoms with E-state index in [0.717, 1.165) is 39.1 Å². The molecule has 0 N–H and O–H groups in total. The number of hydrogen-bond acceptors (Lipinski definition) is 2. The highest BCUT2D eigenvalue weighted by Gasteiger charge is 2.02. The first-order valence-corrected chi connectivity index (χ1v) is 5.86. The highest BCUT2D eigenvalue weighted by atomic mass is 16.5. The van der Waals surface area contributed by atoms with E-state index in [1.165, 1.54) is 0 Å². The van der Waals surface area contributed by atoms with Crippen LogP contribution in [0.4, 0.5) is 0 Å². The van der Waals surface area contributed by atoms with Gasteiger partial charge in [-0.25, -0.2) is 9.13 Å². The Labute approximate surface area is 97.1 Å². The summed E-state index contributed by atoms with van der Waals surface area (Å²) in [5, 5.41) is 8.47. The van der Waals surface area contributed by atoms with Crippen molar-refractivity contribution < 1.29 is 9.30 Å². The molecule has 0 bridgehead atoms. The second-order valence-electron chi connectivity index (χ2n) is 3.76. The van der Waals surface area contributed by atoms with Gasteiger partial charge in [-0.05, 0) is 6.42 Å². The number of aryl methyl sites for hydroxylation is 2. The molecule has 0 amide bonds. The van der Waals surface area contributed by atoms with Crippen LogP contribution in [0.2, 0.25) is 0 Å². The lowest BCUT2D eigenvalue weighted by atomic mass is 10.4. The van der Waals surface area contributed by atoms with Crippen LogP contribution in [0, 0.1) is 11.3 Å². The molecule has 4 heteroatoms. The van der Waals surface area contributed by atoms with E-state index in [1.807, 2.05) is 23.3 Å². The van der Waals surface area contributed by atoms with Crippen molar-refractivity contribution in [2.24, 2.45) is 0 Å². The summed E-state index contributed by atoms with van der Waals surface area (Å²) < 4.78 is 9.58. The van der Waals surface area contributed by atoms with Gasteiger partial charge in [-0.1, -0.05) is 6.92 Å². The third-order valence-electron chi connectivity index (χ3n) is 2.28. The first-order chi connectivity index (χ1) is 7.86. The lowest BCUT2D eigenvalue weighted by Gasteiger charge is -1.99. The molecule has 0 aliphatic heterocycles. The van der Waals surface area contributed by atoms with Crippen LogP contribution in [-0.4, -0.2) is 17.8 Å². The molecule has 1 aromatic rings. The Morgan fingerprint density at radius 2 is 2.31 bits per heavy atom. The molecule has 0 saturated heterocycles. The predicted molar refractivity (Wildman–Crippen MR) is 60.6 cm³/mol. The van der Waals surface area contributed by atoms with E-state index in [2.05, 4.69) is 17.6 Å². The highest BCUT2D eigenvalue weighted by molar-refractivity contribution is 4.68. The van der Waals surface area contributed by atoms with Crippen molar-refractivity contribution >= 4 is 0 Å². The summed E-state index contributed by atoms with van der Waals surface area (Å²) in [6.45, 7) is 5.54. The maximum Gasteiger partial charge on any atom is 0.243 e. The van der Waals surface area contributed by atoms with Crippen molar-refractivity contribution in [2.75, 3.05) is 13.2 Å². The minimum atomic E-state index is 0.564. The SMILES string of the molecule is CCCOCCCn1cc[n+](CCC#N)c1. The molecule has 1 rings (SSSR count). The number of ether oxygens (including phenoxy) is 1. The van der Waals surface area contributed by atoms with Crippen LogP contribution < -0.4 is 4.57 Å². The van der Waals surface area contributed by atoms with Gasteiger partial charge in [0.25, 0.3) is 0 Å². The normalized spacial score (nSPS) is 10.2. The molecular weight excluding hydrogens is 202 g/mol. The topological polar surface area (TPSA) is 41.8 Å². The molecule has 0 spiro atoms. The van der Waals surface area contributed by atoms with Gasteiger partial charge in [-0.3, -0.25) is 0 Å². The molecule has 0 unspecified atom stereocenters. The minimum absolute atomic E-state index is 0.564. The fourth-order valence-electron chi connectivity index (χ4n) is 1.48. The third kappa shape index (κ3) is 4.94. The molecule has 1 heterocycles. The van der Waals surface area contributed by atoms with Crippen molar-refractivity contribution in [3.8, 4) is 6.07 Å². The first-order valence-electron chi connectivity index (χ1n) is 5.86. The van der Waals surface area contributed by atoms with E-state index >= 15 is 0 Å². The molecule has 0 aromatic carbocycles. The van der Waals surface area contributed by atoms with Gasteiger partial charge in [0.15, 0.2) is 0 Å². The van der Waals surface area contributed by atoms with Crippen LogP contribution in [0.1, 0.15) is 26.2 Å². The van der Waals surface area contributed by atoms with Crippen LogP contribution in [0.25, 0.3) is 0 Å². The molecule has 0 fully saturated rings. The maximum atomic E-state index is 8.47. The van der Waals surface area contributed by atoms with E-state index in [4.69, 9.17) is 10.00 Å². The van der Waals surface area contributed by atoms with Gasteiger partial charge in [-0.15, -0.1) is 0 Å². The quantitative estimate of drug-likeness (QED) is 0.494. The van der Waals surface area contributed by atoms with Crippen molar-refractivity contribution in [3.63, 3.8) is 0 Å². The molecule has 0 radical (unpaired) electrons. The minimum Gasteiger partial charge on any atom is -0.381 e. The zero-order valence-electron chi connectivity index (χ0n) is 9.93. The van der Waals surface area contributed by atoms with E-state index in [1.54, 1.807) is 0 Å². The van der Waals surface area contributed by atoms with E-state index in [9.17, 15) is 0 Å². The number of aromatic nitrogens is 2. The third-order valence-corrected chi connectivity index (χ3v) is 2.28. The van der Waals surface area contributed by atoms with E-state index in [-0.39, 0.29) is 0 Å². The van der Waals surface area contributed by atoms with Crippen LogP contribution in [0.3, 0.4) is 0 Å². The second kappa shape index (κ2) is 7.89. The van der Waals surface area contributed by atoms with E-state index < -0.39 is 0 Å². The summed E-state index contributed by atoms with van der Waals surface area (Å²) >= 11 is 0. The Hall–Kier alpha value is -1.34. The molecule has 16 heavy (non-hydrogen) atoms. The summed E-state index contributed by atoms with van der Waals surface area (Å²) in [7, 11) is 0. The molecule has 0 aliphatic rings. The number of rotatable bonds is 8. The number of hydrogen-bond donors (Lipinski definition) is 0. The van der Waals surface area contributed by atoms with Gasteiger partial charge in [0, 0.05) is 13.0 Å². The summed E-state index contributed by atoms with van der Waals surface area (Å²) in [4.78, 5) is 0. The molecule has 1 aromatic heterocycles. The fourth-order valence-corrected chi connectivity index (χ4v) is 1.48. The monoisotopic (exact) mass is 222 g/mol. The van der Waals surface area contributed by atoms with Crippen molar-refractivity contribution in [1.82, 2.24) is 4.57 Å². The molecule has 0 saturated carbocycles. The smallest absolute Gasteiger partial charge is 0.243 e. The number of nitriles is 1. The van der Waals surface area contributed by atoms with Crippen LogP contribution in [0.15, 0.2) is 18.7 Å². The van der Waals surface area contributed by atoms with Crippen molar-refractivity contribution in [2.45, 2.75) is 39.3 Å². The van der Waals surface area contributed by atoms with Gasteiger partial charge in [0.05, 0.1) is 25.6 Å². The van der Waals surface area contributed by atoms with E-state index in [0.29, 0.717) is 6.42 Å². The van der Waals surface area contributed by atoms with Crippen molar-refractivity contribution in [1.29, 1.82) is 5.26 Å². The van der Waals surface area contributed by atoms with Gasteiger partial charge in [0.2, 0.25) is 6.33 Å². The summed E-state index contributed by atoms with van der Waals surface area (Å²) in [6.07, 6.45) is 8.76. The average Bonchev–Trinajstić information content (AvgIpc) is 2.74. The molecular formula is C12H20N3O+. The fraction of sp³-hybridized carbons (Fsp3) is 0.667. The molecule has 0 atom stereocenters. The van der Waals surface area contributed by atoms with Gasteiger partial charge >= 0.3 is 0 Å². The Bertz CT molecular complexity index is 327. The number of nitrogens with zero attached hydrogens (tertiary/aromatic N) is 3. The lowest BCUT2D eigenvalue weighted by molar-refractivity contribution is -0.695. The Balaban J connectivity index is 2.17. The van der Waals surface area contributed by atoms with Crippen LogP contribution >= 0.6 is 0 Å². The largest absolute Gasteiger partial charge is 0.381 e. The highest BCUT2D eigenvalue weighted by Crippen LogP contribution is 1.92. The first kappa shape index (κ1) is 12.7. The molecule has 0 aliphatic carbocycles. The number of imidazole rings is 1. The van der Waals surface area contributed by atoms with Gasteiger partial charge in [0.1, 0.15) is 18.9 Å². The average molecular weight is 222 g/mol. The van der Waals surface area contributed by atoms with Crippen LogP contribution in [-0.2, 0) is 17.8 Å². The Morgan fingerprint density at radius 3 is 3.06 bits per heavy atom. The predicted octanol–water partition coefficient (Wildman–Crippen LogP) is 1.51. The Morgan fingerprint density at radius 1 is 1.44 bits per heavy atom. The maximum absolute atomic E-state index is 8.47. The summed E-state index contributed by atoms with van der Waals surface area (Å²) in [5.74, 6) is 0. The standard InChI is InChI=1S/C12H20N3O/c1-2-10-16-11-4-7-15-9-8-14(12-15)6-3-5-13/h8-9,12H,2-4,6-7,10-11H2,1H3/q+1. The Kier molecular flexibility index (Phi) is 6.28. The second-order valence-corrected chi connectivity index (χ2v) is 3.76. The molecule has 4 nitrogen and oxygen atoms in total. The van der Waals surface area contributed by atoms with Crippen LogP contribution in [0.5, 0.6) is 0 Å². The lowest BCUT2D eigenvalue weighted by Crippen LogP contribution is -2.30. The zero-order chi connectivity index (χ0) is 11.6.